The van der Waals surface area contributed by atoms with Gasteiger partial charge in [0.15, 0.2) is 6.19 Å². The summed E-state index contributed by atoms with van der Waals surface area (Å²) in [4.78, 5) is 8.24. The van der Waals surface area contributed by atoms with Crippen molar-refractivity contribution in [3.8, 4) is 6.19 Å². The average Bonchev–Trinajstić information content (AvgIpc) is 3.71. The quantitative estimate of drug-likeness (QED) is 0.210. The SMILES string of the molecule is Cc1cc(CN(C#N)Cc2cc(C(F)(F)F)cc(C(F)(F)F)c2)c(N(CC2CC2)CC2CC2)nc1C. The van der Waals surface area contributed by atoms with E-state index in [9.17, 15) is 31.6 Å². The van der Waals surface area contributed by atoms with E-state index in [1.165, 1.54) is 4.90 Å². The molecule has 1 aromatic carbocycles. The Bertz CT molecular complexity index is 1100. The van der Waals surface area contributed by atoms with Crippen LogP contribution >= 0.6 is 0 Å². The lowest BCUT2D eigenvalue weighted by molar-refractivity contribution is -0.143. The molecular formula is C26H28F6N4. The minimum atomic E-state index is -4.94. The Balaban J connectivity index is 1.63. The molecule has 4 nitrogen and oxygen atoms in total. The summed E-state index contributed by atoms with van der Waals surface area (Å²) in [6.07, 6.45) is -3.31. The number of hydrogen-bond donors (Lipinski definition) is 0. The van der Waals surface area contributed by atoms with Crippen molar-refractivity contribution in [1.82, 2.24) is 9.88 Å². The molecule has 1 aromatic heterocycles. The van der Waals surface area contributed by atoms with E-state index < -0.39 is 23.5 Å². The molecule has 0 spiro atoms. The average molecular weight is 511 g/mol. The third-order valence-electron chi connectivity index (χ3n) is 6.70. The van der Waals surface area contributed by atoms with Crippen LogP contribution in [-0.4, -0.2) is 23.0 Å². The summed E-state index contributed by atoms with van der Waals surface area (Å²) in [7, 11) is 0. The maximum absolute atomic E-state index is 13.3. The minimum absolute atomic E-state index is 0.0311. The van der Waals surface area contributed by atoms with Crippen molar-refractivity contribution in [2.45, 2.75) is 65.0 Å². The van der Waals surface area contributed by atoms with Crippen LogP contribution in [0.15, 0.2) is 24.3 Å². The Kier molecular flexibility index (Phi) is 7.13. The van der Waals surface area contributed by atoms with Crippen molar-refractivity contribution in [2.24, 2.45) is 11.8 Å². The second kappa shape index (κ2) is 9.83. The molecule has 0 radical (unpaired) electrons. The number of halogens is 6. The van der Waals surface area contributed by atoms with Gasteiger partial charge in [-0.3, -0.25) is 0 Å². The Morgan fingerprint density at radius 1 is 0.861 bits per heavy atom. The highest BCUT2D eigenvalue weighted by molar-refractivity contribution is 5.50. The van der Waals surface area contributed by atoms with Gasteiger partial charge in [0.25, 0.3) is 0 Å². The fourth-order valence-electron chi connectivity index (χ4n) is 4.27. The Labute approximate surface area is 206 Å². The van der Waals surface area contributed by atoms with E-state index in [0.717, 1.165) is 61.4 Å². The van der Waals surface area contributed by atoms with Gasteiger partial charge in [-0.2, -0.15) is 31.6 Å². The zero-order valence-electron chi connectivity index (χ0n) is 20.2. The highest BCUT2D eigenvalue weighted by atomic mass is 19.4. The number of aromatic nitrogens is 1. The summed E-state index contributed by atoms with van der Waals surface area (Å²) in [6, 6.07) is 3.36. The molecule has 2 aliphatic carbocycles. The van der Waals surface area contributed by atoms with Crippen LogP contribution in [0.5, 0.6) is 0 Å². The van der Waals surface area contributed by atoms with Crippen molar-refractivity contribution in [1.29, 1.82) is 5.26 Å². The van der Waals surface area contributed by atoms with Gasteiger partial charge in [0.05, 0.1) is 24.2 Å². The molecule has 4 rings (SSSR count). The lowest BCUT2D eigenvalue weighted by Gasteiger charge is -2.28. The molecule has 10 heteroatoms. The standard InChI is InChI=1S/C26H28F6N4/c1-16-7-21(24(34-17(16)2)36(12-18-3-4-18)13-19-5-6-19)14-35(15-33)11-20-8-22(25(27,28)29)10-23(9-20)26(30,31)32/h7-10,18-19H,3-6,11-14H2,1-2H3. The van der Waals surface area contributed by atoms with Crippen LogP contribution in [0.1, 0.15) is 59.2 Å². The van der Waals surface area contributed by atoms with E-state index in [0.29, 0.717) is 24.0 Å². The zero-order chi connectivity index (χ0) is 26.3. The van der Waals surface area contributed by atoms with Gasteiger partial charge in [0.2, 0.25) is 0 Å². The third kappa shape index (κ3) is 6.62. The topological polar surface area (TPSA) is 43.2 Å². The van der Waals surface area contributed by atoms with Gasteiger partial charge in [-0.25, -0.2) is 4.98 Å². The molecule has 36 heavy (non-hydrogen) atoms. The summed E-state index contributed by atoms with van der Waals surface area (Å²) >= 11 is 0. The van der Waals surface area contributed by atoms with E-state index in [2.05, 4.69) is 4.90 Å². The van der Waals surface area contributed by atoms with Gasteiger partial charge in [-0.05, 0) is 86.8 Å². The van der Waals surface area contributed by atoms with Crippen LogP contribution < -0.4 is 4.90 Å². The van der Waals surface area contributed by atoms with Crippen molar-refractivity contribution < 1.29 is 26.3 Å². The number of hydrogen-bond acceptors (Lipinski definition) is 4. The molecule has 0 aliphatic heterocycles. The van der Waals surface area contributed by atoms with E-state index in [1.807, 2.05) is 26.1 Å². The van der Waals surface area contributed by atoms with Crippen LogP contribution in [0.25, 0.3) is 0 Å². The molecule has 194 valence electrons. The van der Waals surface area contributed by atoms with Gasteiger partial charge < -0.3 is 9.80 Å². The highest BCUT2D eigenvalue weighted by Crippen LogP contribution is 2.38. The highest BCUT2D eigenvalue weighted by Gasteiger charge is 2.37. The molecule has 0 saturated heterocycles. The number of rotatable bonds is 9. The summed E-state index contributed by atoms with van der Waals surface area (Å²) in [5.41, 5.74) is -0.518. The molecule has 0 N–H and O–H groups in total. The van der Waals surface area contributed by atoms with Crippen LogP contribution in [-0.2, 0) is 25.4 Å². The van der Waals surface area contributed by atoms with Gasteiger partial charge in [0, 0.05) is 24.3 Å². The molecule has 0 bridgehead atoms. The maximum atomic E-state index is 13.3. The van der Waals surface area contributed by atoms with Gasteiger partial charge in [-0.15, -0.1) is 0 Å². The lowest BCUT2D eigenvalue weighted by Crippen LogP contribution is -2.31. The normalized spacial score (nSPS) is 16.1. The van der Waals surface area contributed by atoms with E-state index in [4.69, 9.17) is 4.98 Å². The Morgan fingerprint density at radius 2 is 1.39 bits per heavy atom. The van der Waals surface area contributed by atoms with Gasteiger partial charge >= 0.3 is 12.4 Å². The maximum Gasteiger partial charge on any atom is 0.416 e. The number of benzene rings is 1. The smallest absolute Gasteiger partial charge is 0.356 e. The number of nitrogens with zero attached hydrogens (tertiary/aromatic N) is 4. The summed E-state index contributed by atoms with van der Waals surface area (Å²) in [5.74, 6) is 1.94. The fourth-order valence-corrected chi connectivity index (χ4v) is 4.27. The fraction of sp³-hybridized carbons (Fsp3) is 0.538. The van der Waals surface area contributed by atoms with E-state index >= 15 is 0 Å². The van der Waals surface area contributed by atoms with Gasteiger partial charge in [-0.1, -0.05) is 0 Å². The molecule has 1 heterocycles. The van der Waals surface area contributed by atoms with E-state index in [1.54, 1.807) is 0 Å². The molecule has 0 amide bonds. The first-order valence-corrected chi connectivity index (χ1v) is 12.0. The second-order valence-electron chi connectivity index (χ2n) is 10.0. The predicted molar refractivity (Wildman–Crippen MR) is 123 cm³/mol. The van der Waals surface area contributed by atoms with Crippen molar-refractivity contribution in [3.63, 3.8) is 0 Å². The number of aryl methyl sites for hydroxylation is 2. The Morgan fingerprint density at radius 3 is 1.83 bits per heavy atom. The summed E-state index contributed by atoms with van der Waals surface area (Å²) < 4.78 is 79.7. The first-order chi connectivity index (χ1) is 16.8. The molecule has 0 unspecified atom stereocenters. The second-order valence-corrected chi connectivity index (χ2v) is 10.0. The van der Waals surface area contributed by atoms with Crippen LogP contribution in [0.4, 0.5) is 32.2 Å². The van der Waals surface area contributed by atoms with Crippen LogP contribution in [0, 0.1) is 37.1 Å². The van der Waals surface area contributed by atoms with E-state index in [-0.39, 0.29) is 24.7 Å². The molecule has 0 atom stereocenters. The Hall–Kier alpha value is -2.96. The van der Waals surface area contributed by atoms with Crippen molar-refractivity contribution in [2.75, 3.05) is 18.0 Å². The minimum Gasteiger partial charge on any atom is -0.356 e. The predicted octanol–water partition coefficient (Wildman–Crippen LogP) is 6.85. The van der Waals surface area contributed by atoms with Crippen molar-refractivity contribution >= 4 is 5.82 Å². The molecule has 2 fully saturated rings. The summed E-state index contributed by atoms with van der Waals surface area (Å²) in [6.45, 7) is 5.14. The molecular weight excluding hydrogens is 482 g/mol. The van der Waals surface area contributed by atoms with Crippen molar-refractivity contribution in [3.05, 3.63) is 57.8 Å². The first-order valence-electron chi connectivity index (χ1n) is 12.0. The zero-order valence-corrected chi connectivity index (χ0v) is 20.2. The molecule has 2 aromatic rings. The number of pyridine rings is 1. The molecule has 2 saturated carbocycles. The van der Waals surface area contributed by atoms with Crippen LogP contribution in [0.3, 0.4) is 0 Å². The summed E-state index contributed by atoms with van der Waals surface area (Å²) in [5, 5.41) is 9.77. The monoisotopic (exact) mass is 510 g/mol. The molecule has 2 aliphatic rings. The van der Waals surface area contributed by atoms with Gasteiger partial charge in [0.1, 0.15) is 5.82 Å². The lowest BCUT2D eigenvalue weighted by atomic mass is 10.0. The first kappa shape index (κ1) is 26.1. The van der Waals surface area contributed by atoms with Crippen LogP contribution in [0.2, 0.25) is 0 Å². The third-order valence-corrected chi connectivity index (χ3v) is 6.70. The number of alkyl halides is 6. The number of nitriles is 1. The number of anilines is 1. The largest absolute Gasteiger partial charge is 0.416 e.